The zero-order valence-corrected chi connectivity index (χ0v) is 11.9. The molecule has 2 nitrogen and oxygen atoms in total. The Hall–Kier alpha value is -0.860. The molecule has 0 bridgehead atoms. The van der Waals surface area contributed by atoms with Gasteiger partial charge in [-0.2, -0.15) is 0 Å². The number of hydrogen-bond donors (Lipinski definition) is 1. The molecule has 0 aliphatic carbocycles. The fourth-order valence-electron chi connectivity index (χ4n) is 3.24. The summed E-state index contributed by atoms with van der Waals surface area (Å²) in [5.41, 5.74) is 10.3. The molecule has 2 heteroatoms. The van der Waals surface area contributed by atoms with Crippen molar-refractivity contribution in [2.75, 3.05) is 20.1 Å². The molecule has 2 N–H and O–H groups in total. The van der Waals surface area contributed by atoms with Gasteiger partial charge in [-0.1, -0.05) is 30.2 Å². The van der Waals surface area contributed by atoms with Crippen molar-refractivity contribution in [1.82, 2.24) is 4.90 Å². The van der Waals surface area contributed by atoms with E-state index in [-0.39, 0.29) is 0 Å². The van der Waals surface area contributed by atoms with E-state index in [9.17, 15) is 0 Å². The first-order chi connectivity index (χ1) is 8.63. The number of aryl methyl sites for hydroxylation is 2. The molecule has 1 fully saturated rings. The standard InChI is InChI=1S/C16H26N2/c1-12-7-8-13(2)15(10-12)16-14(11-17)6-4-5-9-18(16)3/h7-8,10,14,16H,4-6,9,11,17H2,1-3H3. The maximum Gasteiger partial charge on any atom is 0.0387 e. The summed E-state index contributed by atoms with van der Waals surface area (Å²) >= 11 is 0. The van der Waals surface area contributed by atoms with Crippen LogP contribution in [0.15, 0.2) is 18.2 Å². The van der Waals surface area contributed by atoms with Gasteiger partial charge in [-0.05, 0) is 63.9 Å². The van der Waals surface area contributed by atoms with E-state index in [0.29, 0.717) is 12.0 Å². The van der Waals surface area contributed by atoms with Crippen molar-refractivity contribution in [3.8, 4) is 0 Å². The van der Waals surface area contributed by atoms with E-state index in [1.54, 1.807) is 0 Å². The van der Waals surface area contributed by atoms with Gasteiger partial charge in [0.15, 0.2) is 0 Å². The van der Waals surface area contributed by atoms with Gasteiger partial charge in [-0.15, -0.1) is 0 Å². The Balaban J connectivity index is 2.39. The molecular weight excluding hydrogens is 220 g/mol. The molecule has 100 valence electrons. The van der Waals surface area contributed by atoms with Crippen LogP contribution in [0.2, 0.25) is 0 Å². The Kier molecular flexibility index (Phi) is 4.41. The summed E-state index contributed by atoms with van der Waals surface area (Å²) in [7, 11) is 2.25. The minimum atomic E-state index is 0.498. The molecule has 1 aliphatic rings. The lowest BCUT2D eigenvalue weighted by Gasteiger charge is -2.33. The van der Waals surface area contributed by atoms with Crippen LogP contribution in [0.25, 0.3) is 0 Å². The van der Waals surface area contributed by atoms with E-state index in [0.717, 1.165) is 6.54 Å². The van der Waals surface area contributed by atoms with Crippen molar-refractivity contribution in [3.63, 3.8) is 0 Å². The molecule has 1 saturated heterocycles. The summed E-state index contributed by atoms with van der Waals surface area (Å²) < 4.78 is 0. The normalized spacial score (nSPS) is 26.0. The fourth-order valence-corrected chi connectivity index (χ4v) is 3.24. The molecule has 0 aromatic heterocycles. The predicted molar refractivity (Wildman–Crippen MR) is 77.7 cm³/mol. The Morgan fingerprint density at radius 1 is 1.28 bits per heavy atom. The lowest BCUT2D eigenvalue weighted by molar-refractivity contribution is 0.195. The SMILES string of the molecule is Cc1ccc(C)c(C2C(CN)CCCCN2C)c1. The maximum atomic E-state index is 6.02. The van der Waals surface area contributed by atoms with E-state index in [4.69, 9.17) is 5.73 Å². The molecule has 1 aromatic rings. The number of nitrogens with two attached hydrogens (primary N) is 1. The van der Waals surface area contributed by atoms with Crippen molar-refractivity contribution in [2.24, 2.45) is 11.7 Å². The van der Waals surface area contributed by atoms with Crippen molar-refractivity contribution in [1.29, 1.82) is 0 Å². The summed E-state index contributed by atoms with van der Waals surface area (Å²) in [5.74, 6) is 0.595. The molecule has 1 aliphatic heterocycles. The first kappa shape index (κ1) is 13.6. The second kappa shape index (κ2) is 5.85. The molecule has 0 saturated carbocycles. The van der Waals surface area contributed by atoms with E-state index in [1.165, 1.54) is 42.5 Å². The third kappa shape index (κ3) is 2.76. The highest BCUT2D eigenvalue weighted by atomic mass is 15.1. The van der Waals surface area contributed by atoms with Gasteiger partial charge in [0, 0.05) is 6.04 Å². The van der Waals surface area contributed by atoms with Crippen LogP contribution in [0, 0.1) is 19.8 Å². The Morgan fingerprint density at radius 2 is 2.06 bits per heavy atom. The summed E-state index contributed by atoms with van der Waals surface area (Å²) in [6, 6.07) is 7.30. The van der Waals surface area contributed by atoms with Crippen LogP contribution in [-0.4, -0.2) is 25.0 Å². The summed E-state index contributed by atoms with van der Waals surface area (Å²) in [4.78, 5) is 2.51. The van der Waals surface area contributed by atoms with Crippen LogP contribution in [0.4, 0.5) is 0 Å². The van der Waals surface area contributed by atoms with Gasteiger partial charge in [0.25, 0.3) is 0 Å². The fraction of sp³-hybridized carbons (Fsp3) is 0.625. The number of hydrogen-bond acceptors (Lipinski definition) is 2. The summed E-state index contributed by atoms with van der Waals surface area (Å²) in [6.07, 6.45) is 3.88. The quantitative estimate of drug-likeness (QED) is 0.869. The molecule has 0 spiro atoms. The highest BCUT2D eigenvalue weighted by Gasteiger charge is 2.28. The molecule has 18 heavy (non-hydrogen) atoms. The van der Waals surface area contributed by atoms with E-state index < -0.39 is 0 Å². The van der Waals surface area contributed by atoms with E-state index >= 15 is 0 Å². The van der Waals surface area contributed by atoms with Crippen LogP contribution in [0.5, 0.6) is 0 Å². The molecule has 1 heterocycles. The van der Waals surface area contributed by atoms with Gasteiger partial charge in [0.1, 0.15) is 0 Å². The van der Waals surface area contributed by atoms with Gasteiger partial charge in [-0.3, -0.25) is 4.90 Å². The van der Waals surface area contributed by atoms with Crippen molar-refractivity contribution in [2.45, 2.75) is 39.2 Å². The molecule has 2 atom stereocenters. The van der Waals surface area contributed by atoms with E-state index in [2.05, 4.69) is 44.0 Å². The molecule has 0 amide bonds. The zero-order valence-electron chi connectivity index (χ0n) is 11.9. The first-order valence-corrected chi connectivity index (χ1v) is 7.11. The summed E-state index contributed by atoms with van der Waals surface area (Å²) in [5, 5.41) is 0. The highest BCUT2D eigenvalue weighted by molar-refractivity contribution is 5.33. The van der Waals surface area contributed by atoms with Gasteiger partial charge in [-0.25, -0.2) is 0 Å². The monoisotopic (exact) mass is 246 g/mol. The van der Waals surface area contributed by atoms with Crippen LogP contribution < -0.4 is 5.73 Å². The number of likely N-dealkylation sites (tertiary alicyclic amines) is 1. The molecule has 2 rings (SSSR count). The average molecular weight is 246 g/mol. The van der Waals surface area contributed by atoms with Crippen molar-refractivity contribution in [3.05, 3.63) is 34.9 Å². The molecule has 0 radical (unpaired) electrons. The Morgan fingerprint density at radius 3 is 2.78 bits per heavy atom. The maximum absolute atomic E-state index is 6.02. The van der Waals surface area contributed by atoms with Crippen LogP contribution in [0.3, 0.4) is 0 Å². The number of benzene rings is 1. The van der Waals surface area contributed by atoms with E-state index in [1.807, 2.05) is 0 Å². The smallest absolute Gasteiger partial charge is 0.0387 e. The predicted octanol–water partition coefficient (Wildman–Crippen LogP) is 3.04. The zero-order chi connectivity index (χ0) is 13.1. The third-order valence-corrected chi connectivity index (χ3v) is 4.31. The van der Waals surface area contributed by atoms with Gasteiger partial charge in [0.2, 0.25) is 0 Å². The third-order valence-electron chi connectivity index (χ3n) is 4.31. The summed E-state index contributed by atoms with van der Waals surface area (Å²) in [6.45, 7) is 6.38. The number of nitrogens with zero attached hydrogens (tertiary/aromatic N) is 1. The molecule has 1 aromatic carbocycles. The van der Waals surface area contributed by atoms with Gasteiger partial charge < -0.3 is 5.73 Å². The molecule has 2 unspecified atom stereocenters. The second-order valence-electron chi connectivity index (χ2n) is 5.78. The Labute approximate surface area is 111 Å². The topological polar surface area (TPSA) is 29.3 Å². The first-order valence-electron chi connectivity index (χ1n) is 7.11. The minimum absolute atomic E-state index is 0.498. The van der Waals surface area contributed by atoms with Crippen LogP contribution >= 0.6 is 0 Å². The largest absolute Gasteiger partial charge is 0.330 e. The highest BCUT2D eigenvalue weighted by Crippen LogP contribution is 2.35. The molecular formula is C16H26N2. The van der Waals surface area contributed by atoms with Gasteiger partial charge >= 0.3 is 0 Å². The van der Waals surface area contributed by atoms with Crippen molar-refractivity contribution >= 4 is 0 Å². The van der Waals surface area contributed by atoms with Crippen molar-refractivity contribution < 1.29 is 0 Å². The lowest BCUT2D eigenvalue weighted by Crippen LogP contribution is -2.33. The number of rotatable bonds is 2. The van der Waals surface area contributed by atoms with Gasteiger partial charge in [0.05, 0.1) is 0 Å². The average Bonchev–Trinajstić information content (AvgIpc) is 2.54. The Bertz CT molecular complexity index is 400. The lowest BCUT2D eigenvalue weighted by atomic mass is 9.86. The van der Waals surface area contributed by atoms with Crippen LogP contribution in [0.1, 0.15) is 42.0 Å². The minimum Gasteiger partial charge on any atom is -0.330 e. The van der Waals surface area contributed by atoms with Crippen LogP contribution in [-0.2, 0) is 0 Å². The second-order valence-corrected chi connectivity index (χ2v) is 5.78.